The van der Waals surface area contributed by atoms with Gasteiger partial charge in [-0.25, -0.2) is 0 Å². The zero-order chi connectivity index (χ0) is 20.9. The van der Waals surface area contributed by atoms with Gasteiger partial charge in [-0.15, -0.1) is 0 Å². The first kappa shape index (κ1) is 21.3. The van der Waals surface area contributed by atoms with Gasteiger partial charge in [0.15, 0.2) is 0 Å². The Bertz CT molecular complexity index is 779. The molecule has 0 aromatic heterocycles. The van der Waals surface area contributed by atoms with E-state index in [2.05, 4.69) is 9.80 Å². The molecule has 1 aromatic rings. The molecule has 6 nitrogen and oxygen atoms in total. The van der Waals surface area contributed by atoms with Crippen LogP contribution in [0.5, 0.6) is 0 Å². The second-order valence-corrected chi connectivity index (χ2v) is 8.93. The molecule has 1 aliphatic carbocycles. The van der Waals surface area contributed by atoms with Crippen molar-refractivity contribution in [1.29, 1.82) is 0 Å². The monoisotopic (exact) mass is 430 g/mol. The van der Waals surface area contributed by atoms with Gasteiger partial charge in [-0.2, -0.15) is 0 Å². The summed E-state index contributed by atoms with van der Waals surface area (Å²) in [5.74, 6) is 0.233. The number of nitrogens with zero attached hydrogens (tertiary/aromatic N) is 4. The van der Waals surface area contributed by atoms with Crippen LogP contribution in [-0.4, -0.2) is 96.4 Å². The predicted octanol–water partition coefficient (Wildman–Crippen LogP) is 2.19. The van der Waals surface area contributed by atoms with Gasteiger partial charge >= 0.3 is 0 Å². The van der Waals surface area contributed by atoms with E-state index in [1.807, 2.05) is 34.1 Å². The summed E-state index contributed by atoms with van der Waals surface area (Å²) in [4.78, 5) is 33.7. The van der Waals surface area contributed by atoms with Crippen molar-refractivity contribution in [2.45, 2.75) is 25.3 Å². The molecular weight excluding hydrogens is 400 g/mol. The molecule has 2 saturated heterocycles. The van der Waals surface area contributed by atoms with E-state index < -0.39 is 0 Å². The van der Waals surface area contributed by atoms with Gasteiger partial charge in [0.1, 0.15) is 0 Å². The molecule has 2 aliphatic heterocycles. The van der Waals surface area contributed by atoms with Crippen molar-refractivity contribution in [2.24, 2.45) is 0 Å². The molecule has 2 amide bonds. The lowest BCUT2D eigenvalue weighted by atomic mass is 9.91. The summed E-state index contributed by atoms with van der Waals surface area (Å²) in [6.45, 7) is 6.97. The molecule has 4 rings (SSSR count). The van der Waals surface area contributed by atoms with Crippen LogP contribution >= 0.6 is 11.6 Å². The zero-order valence-corrected chi connectivity index (χ0v) is 18.3. The topological polar surface area (TPSA) is 47.1 Å². The summed E-state index contributed by atoms with van der Waals surface area (Å²) in [5.41, 5.74) is 0.914. The lowest BCUT2D eigenvalue weighted by Gasteiger charge is -2.43. The lowest BCUT2D eigenvalue weighted by molar-refractivity contribution is -0.135. The highest BCUT2D eigenvalue weighted by Gasteiger charge is 2.30. The van der Waals surface area contributed by atoms with Gasteiger partial charge in [0.2, 0.25) is 11.8 Å². The fourth-order valence-corrected chi connectivity index (χ4v) is 4.59. The van der Waals surface area contributed by atoms with Crippen LogP contribution in [0, 0.1) is 0 Å². The Kier molecular flexibility index (Phi) is 7.08. The van der Waals surface area contributed by atoms with Crippen LogP contribution in [-0.2, 0) is 9.59 Å². The molecule has 1 saturated carbocycles. The molecule has 0 atom stereocenters. The third kappa shape index (κ3) is 5.42. The highest BCUT2D eigenvalue weighted by atomic mass is 35.5. The number of rotatable bonds is 5. The van der Waals surface area contributed by atoms with Crippen molar-refractivity contribution in [3.05, 3.63) is 40.9 Å². The van der Waals surface area contributed by atoms with Gasteiger partial charge in [0.05, 0.1) is 6.54 Å². The van der Waals surface area contributed by atoms with Crippen molar-refractivity contribution in [3.8, 4) is 0 Å². The molecule has 162 valence electrons. The maximum atomic E-state index is 12.7. The van der Waals surface area contributed by atoms with Crippen molar-refractivity contribution in [1.82, 2.24) is 19.6 Å². The predicted molar refractivity (Wildman–Crippen MR) is 119 cm³/mol. The first-order chi connectivity index (χ1) is 14.6. The molecule has 7 heteroatoms. The lowest BCUT2D eigenvalue weighted by Crippen LogP contribution is -2.56. The van der Waals surface area contributed by atoms with E-state index in [4.69, 9.17) is 11.6 Å². The summed E-state index contributed by atoms with van der Waals surface area (Å²) in [5, 5.41) is 0.660. The van der Waals surface area contributed by atoms with Gasteiger partial charge < -0.3 is 9.80 Å². The Morgan fingerprint density at radius 3 is 2.30 bits per heavy atom. The molecule has 0 unspecified atom stereocenters. The summed E-state index contributed by atoms with van der Waals surface area (Å²) >= 11 is 5.98. The molecule has 0 N–H and O–H groups in total. The first-order valence-corrected chi connectivity index (χ1v) is 11.4. The molecule has 3 fully saturated rings. The maximum absolute atomic E-state index is 12.7. The summed E-state index contributed by atoms with van der Waals surface area (Å²) < 4.78 is 0. The Balaban J connectivity index is 1.18. The van der Waals surface area contributed by atoms with E-state index in [1.54, 1.807) is 12.2 Å². The molecule has 0 radical (unpaired) electrons. The van der Waals surface area contributed by atoms with Crippen LogP contribution in [0.15, 0.2) is 30.3 Å². The SMILES string of the molecule is O=C(C=Cc1cccc(Cl)c1)N1CCN(CC(=O)N2CCN(C3CCC3)CC2)CC1. The molecule has 3 aliphatic rings. The number of hydrogen-bond acceptors (Lipinski definition) is 4. The fraction of sp³-hybridized carbons (Fsp3) is 0.565. The van der Waals surface area contributed by atoms with E-state index in [0.717, 1.165) is 50.9 Å². The average molecular weight is 431 g/mol. The van der Waals surface area contributed by atoms with Gasteiger partial charge in [0.25, 0.3) is 0 Å². The van der Waals surface area contributed by atoms with Crippen molar-refractivity contribution in [2.75, 3.05) is 58.9 Å². The van der Waals surface area contributed by atoms with E-state index in [9.17, 15) is 9.59 Å². The highest BCUT2D eigenvalue weighted by molar-refractivity contribution is 6.30. The van der Waals surface area contributed by atoms with E-state index in [1.165, 1.54) is 19.3 Å². The number of benzene rings is 1. The summed E-state index contributed by atoms with van der Waals surface area (Å²) in [7, 11) is 0. The van der Waals surface area contributed by atoms with Gasteiger partial charge in [-0.1, -0.05) is 30.2 Å². The van der Waals surface area contributed by atoms with Crippen LogP contribution in [0.4, 0.5) is 0 Å². The summed E-state index contributed by atoms with van der Waals surface area (Å²) in [6, 6.07) is 8.21. The minimum absolute atomic E-state index is 0.00747. The van der Waals surface area contributed by atoms with E-state index >= 15 is 0 Å². The third-order valence-corrected chi connectivity index (χ3v) is 6.80. The molecule has 30 heavy (non-hydrogen) atoms. The number of piperazine rings is 2. The molecular formula is C23H31ClN4O2. The molecule has 2 heterocycles. The number of halogens is 1. The number of hydrogen-bond donors (Lipinski definition) is 0. The Hall–Kier alpha value is -1.89. The average Bonchev–Trinajstić information content (AvgIpc) is 2.72. The van der Waals surface area contributed by atoms with E-state index in [-0.39, 0.29) is 11.8 Å². The standard InChI is InChI=1S/C23H31ClN4O2/c24-20-4-1-3-19(17-20)7-8-22(29)27-11-9-25(10-12-27)18-23(30)28-15-13-26(14-16-28)21-5-2-6-21/h1,3-4,7-8,17,21H,2,5-6,9-16,18H2. The van der Waals surface area contributed by atoms with Crippen molar-refractivity contribution >= 4 is 29.5 Å². The molecule has 1 aromatic carbocycles. The quantitative estimate of drug-likeness (QED) is 0.672. The second-order valence-electron chi connectivity index (χ2n) is 8.49. The van der Waals surface area contributed by atoms with Crippen molar-refractivity contribution in [3.63, 3.8) is 0 Å². The Morgan fingerprint density at radius 2 is 1.67 bits per heavy atom. The minimum atomic E-state index is 0.00747. The third-order valence-electron chi connectivity index (χ3n) is 6.57. The van der Waals surface area contributed by atoms with Gasteiger partial charge in [-0.05, 0) is 36.6 Å². The number of carbonyl (C=O) groups excluding carboxylic acids is 2. The Labute approximate surface area is 184 Å². The highest BCUT2D eigenvalue weighted by Crippen LogP contribution is 2.25. The largest absolute Gasteiger partial charge is 0.339 e. The van der Waals surface area contributed by atoms with Crippen LogP contribution < -0.4 is 0 Å². The minimum Gasteiger partial charge on any atom is -0.339 e. The number of amides is 2. The molecule has 0 bridgehead atoms. The normalized spacial score (nSPS) is 21.8. The van der Waals surface area contributed by atoms with Crippen LogP contribution in [0.1, 0.15) is 24.8 Å². The fourth-order valence-electron chi connectivity index (χ4n) is 4.39. The first-order valence-electron chi connectivity index (χ1n) is 11.1. The van der Waals surface area contributed by atoms with Crippen LogP contribution in [0.2, 0.25) is 5.02 Å². The number of carbonyl (C=O) groups is 2. The van der Waals surface area contributed by atoms with Crippen LogP contribution in [0.3, 0.4) is 0 Å². The van der Waals surface area contributed by atoms with Gasteiger partial charge in [-0.3, -0.25) is 19.4 Å². The maximum Gasteiger partial charge on any atom is 0.246 e. The second kappa shape index (κ2) is 9.94. The van der Waals surface area contributed by atoms with E-state index in [0.29, 0.717) is 24.7 Å². The smallest absolute Gasteiger partial charge is 0.246 e. The molecule has 0 spiro atoms. The summed E-state index contributed by atoms with van der Waals surface area (Å²) in [6.07, 6.45) is 7.41. The van der Waals surface area contributed by atoms with Gasteiger partial charge in [0, 0.05) is 69.5 Å². The zero-order valence-electron chi connectivity index (χ0n) is 17.5. The Morgan fingerprint density at radius 1 is 0.967 bits per heavy atom. The van der Waals surface area contributed by atoms with Crippen LogP contribution in [0.25, 0.3) is 6.08 Å². The van der Waals surface area contributed by atoms with Crippen molar-refractivity contribution < 1.29 is 9.59 Å².